The summed E-state index contributed by atoms with van der Waals surface area (Å²) in [6.07, 6.45) is 9.37. The van der Waals surface area contributed by atoms with E-state index >= 15 is 0 Å². The minimum Gasteiger partial charge on any atom is -0.329 e. The molecule has 5 nitrogen and oxygen atoms in total. The molecule has 0 saturated carbocycles. The first-order valence-electron chi connectivity index (χ1n) is 6.97. The molecule has 6 heteroatoms. The Morgan fingerprint density at radius 3 is 2.56 bits per heavy atom. The van der Waals surface area contributed by atoms with Gasteiger partial charge in [0.05, 0.1) is 6.54 Å². The van der Waals surface area contributed by atoms with E-state index in [4.69, 9.17) is 5.73 Å². The lowest BCUT2D eigenvalue weighted by Gasteiger charge is -2.02. The average molecular weight is 271 g/mol. The fourth-order valence-corrected chi connectivity index (χ4v) is 2.69. The highest BCUT2D eigenvalue weighted by atomic mass is 32.2. The number of unbranched alkanes of at least 4 members (excludes halogenated alkanes) is 6. The van der Waals surface area contributed by atoms with Crippen LogP contribution >= 0.6 is 11.8 Å². The van der Waals surface area contributed by atoms with Crippen LogP contribution in [0, 0.1) is 0 Å². The number of tetrazole rings is 1. The molecular formula is C12H25N5S. The van der Waals surface area contributed by atoms with Crippen LogP contribution < -0.4 is 5.73 Å². The molecule has 0 spiro atoms. The molecule has 0 aromatic carbocycles. The SMILES string of the molecule is CCCCCCCCCSc1nnnn1CCN. The number of hydrogen-bond donors (Lipinski definition) is 1. The third-order valence-electron chi connectivity index (χ3n) is 2.82. The first-order valence-corrected chi connectivity index (χ1v) is 7.96. The normalized spacial score (nSPS) is 11.0. The van der Waals surface area contributed by atoms with Crippen LogP contribution in [-0.2, 0) is 6.54 Å². The lowest BCUT2D eigenvalue weighted by atomic mass is 10.1. The molecule has 104 valence electrons. The third-order valence-corrected chi connectivity index (χ3v) is 3.86. The van der Waals surface area contributed by atoms with Crippen LogP contribution in [0.4, 0.5) is 0 Å². The van der Waals surface area contributed by atoms with Gasteiger partial charge in [-0.15, -0.1) is 5.10 Å². The molecule has 0 aliphatic rings. The summed E-state index contributed by atoms with van der Waals surface area (Å²) in [5, 5.41) is 12.5. The Kier molecular flexibility index (Phi) is 8.85. The van der Waals surface area contributed by atoms with E-state index in [1.54, 1.807) is 16.4 Å². The smallest absolute Gasteiger partial charge is 0.209 e. The van der Waals surface area contributed by atoms with Crippen molar-refractivity contribution in [3.8, 4) is 0 Å². The molecule has 0 atom stereocenters. The van der Waals surface area contributed by atoms with Crippen molar-refractivity contribution < 1.29 is 0 Å². The predicted molar refractivity (Wildman–Crippen MR) is 75.6 cm³/mol. The molecular weight excluding hydrogens is 246 g/mol. The van der Waals surface area contributed by atoms with E-state index in [1.807, 2.05) is 0 Å². The summed E-state index contributed by atoms with van der Waals surface area (Å²) in [7, 11) is 0. The molecule has 0 unspecified atom stereocenters. The topological polar surface area (TPSA) is 69.6 Å². The van der Waals surface area contributed by atoms with Crippen molar-refractivity contribution in [2.24, 2.45) is 5.73 Å². The maximum Gasteiger partial charge on any atom is 0.209 e. The second-order valence-corrected chi connectivity index (χ2v) is 5.51. The van der Waals surface area contributed by atoms with Crippen LogP contribution in [0.1, 0.15) is 51.9 Å². The van der Waals surface area contributed by atoms with E-state index < -0.39 is 0 Å². The molecule has 0 aliphatic carbocycles. The number of nitrogens with zero attached hydrogens (tertiary/aromatic N) is 4. The van der Waals surface area contributed by atoms with Crippen LogP contribution in [0.15, 0.2) is 5.16 Å². The van der Waals surface area contributed by atoms with Crippen LogP contribution in [0.25, 0.3) is 0 Å². The molecule has 1 rings (SSSR count). The summed E-state index contributed by atoms with van der Waals surface area (Å²) in [6.45, 7) is 3.53. The predicted octanol–water partition coefficient (Wildman–Crippen LogP) is 2.47. The molecule has 1 aromatic heterocycles. The first-order chi connectivity index (χ1) is 8.88. The highest BCUT2D eigenvalue weighted by Gasteiger charge is 2.04. The van der Waals surface area contributed by atoms with E-state index in [-0.39, 0.29) is 0 Å². The zero-order chi connectivity index (χ0) is 13.1. The van der Waals surface area contributed by atoms with Gasteiger partial charge in [-0.05, 0) is 16.8 Å². The van der Waals surface area contributed by atoms with Gasteiger partial charge in [-0.3, -0.25) is 0 Å². The van der Waals surface area contributed by atoms with Crippen molar-refractivity contribution in [2.45, 2.75) is 63.6 Å². The monoisotopic (exact) mass is 271 g/mol. The maximum atomic E-state index is 5.50. The highest BCUT2D eigenvalue weighted by molar-refractivity contribution is 7.99. The molecule has 2 N–H and O–H groups in total. The zero-order valence-electron chi connectivity index (χ0n) is 11.3. The van der Waals surface area contributed by atoms with E-state index in [0.29, 0.717) is 13.1 Å². The molecule has 0 radical (unpaired) electrons. The van der Waals surface area contributed by atoms with Crippen LogP contribution in [0.5, 0.6) is 0 Å². The summed E-state index contributed by atoms with van der Waals surface area (Å²) in [5.74, 6) is 1.10. The fraction of sp³-hybridized carbons (Fsp3) is 0.917. The summed E-state index contributed by atoms with van der Waals surface area (Å²) >= 11 is 1.73. The number of thioether (sulfide) groups is 1. The Balaban J connectivity index is 2.01. The number of aromatic nitrogens is 4. The highest BCUT2D eigenvalue weighted by Crippen LogP contribution is 2.16. The van der Waals surface area contributed by atoms with E-state index in [9.17, 15) is 0 Å². The van der Waals surface area contributed by atoms with Gasteiger partial charge in [-0.1, -0.05) is 57.2 Å². The maximum absolute atomic E-state index is 5.50. The molecule has 1 aromatic rings. The van der Waals surface area contributed by atoms with E-state index in [1.165, 1.54) is 44.9 Å². The second kappa shape index (κ2) is 10.3. The fourth-order valence-electron chi connectivity index (χ4n) is 1.79. The lowest BCUT2D eigenvalue weighted by Crippen LogP contribution is -2.12. The van der Waals surface area contributed by atoms with Crippen molar-refractivity contribution in [2.75, 3.05) is 12.3 Å². The minimum absolute atomic E-state index is 0.579. The molecule has 0 aliphatic heterocycles. The second-order valence-electron chi connectivity index (χ2n) is 4.44. The van der Waals surface area contributed by atoms with Gasteiger partial charge in [0.15, 0.2) is 0 Å². The molecule has 0 bridgehead atoms. The van der Waals surface area contributed by atoms with Crippen LogP contribution in [0.2, 0.25) is 0 Å². The molecule has 18 heavy (non-hydrogen) atoms. The summed E-state index contributed by atoms with van der Waals surface area (Å²) < 4.78 is 1.78. The summed E-state index contributed by atoms with van der Waals surface area (Å²) in [4.78, 5) is 0. The van der Waals surface area contributed by atoms with Gasteiger partial charge < -0.3 is 5.73 Å². The summed E-state index contributed by atoms with van der Waals surface area (Å²) in [5.41, 5.74) is 5.50. The first kappa shape index (κ1) is 15.4. The van der Waals surface area contributed by atoms with E-state index in [2.05, 4.69) is 22.4 Å². The van der Waals surface area contributed by atoms with Gasteiger partial charge in [-0.25, -0.2) is 4.68 Å². The van der Waals surface area contributed by atoms with Crippen LogP contribution in [-0.4, -0.2) is 32.5 Å². The Morgan fingerprint density at radius 2 is 1.83 bits per heavy atom. The van der Waals surface area contributed by atoms with Crippen molar-refractivity contribution in [1.82, 2.24) is 20.2 Å². The summed E-state index contributed by atoms with van der Waals surface area (Å²) in [6, 6.07) is 0. The largest absolute Gasteiger partial charge is 0.329 e. The van der Waals surface area contributed by atoms with Crippen molar-refractivity contribution in [3.63, 3.8) is 0 Å². The number of rotatable bonds is 11. The standard InChI is InChI=1S/C12H25N5S/c1-2-3-4-5-6-7-8-11-18-12-14-15-16-17(12)10-9-13/h2-11,13H2,1H3. The Morgan fingerprint density at radius 1 is 1.11 bits per heavy atom. The van der Waals surface area contributed by atoms with Crippen molar-refractivity contribution >= 4 is 11.8 Å². The molecule has 0 saturated heterocycles. The molecule has 0 fully saturated rings. The Hall–Kier alpha value is -0.620. The lowest BCUT2D eigenvalue weighted by molar-refractivity contribution is 0.556. The van der Waals surface area contributed by atoms with Gasteiger partial charge >= 0.3 is 0 Å². The van der Waals surface area contributed by atoms with Crippen LogP contribution in [0.3, 0.4) is 0 Å². The van der Waals surface area contributed by atoms with Gasteiger partial charge in [0.2, 0.25) is 5.16 Å². The number of hydrogen-bond acceptors (Lipinski definition) is 5. The molecule has 1 heterocycles. The average Bonchev–Trinajstić information content (AvgIpc) is 2.81. The van der Waals surface area contributed by atoms with Gasteiger partial charge in [0.25, 0.3) is 0 Å². The minimum atomic E-state index is 0.579. The Bertz CT molecular complexity index is 302. The van der Waals surface area contributed by atoms with Gasteiger partial charge in [-0.2, -0.15) is 0 Å². The van der Waals surface area contributed by atoms with Gasteiger partial charge in [0.1, 0.15) is 0 Å². The third kappa shape index (κ3) is 6.35. The van der Waals surface area contributed by atoms with Crippen molar-refractivity contribution in [1.29, 1.82) is 0 Å². The van der Waals surface area contributed by atoms with Gasteiger partial charge in [0, 0.05) is 12.3 Å². The number of nitrogens with two attached hydrogens (primary N) is 1. The molecule has 0 amide bonds. The Labute approximate surface area is 114 Å². The zero-order valence-corrected chi connectivity index (χ0v) is 12.2. The quantitative estimate of drug-likeness (QED) is 0.494. The van der Waals surface area contributed by atoms with Crippen molar-refractivity contribution in [3.05, 3.63) is 0 Å². The van der Waals surface area contributed by atoms with E-state index in [0.717, 1.165) is 10.9 Å².